The molecule has 1 unspecified atom stereocenters. The molecule has 0 spiro atoms. The van der Waals surface area contributed by atoms with Crippen molar-refractivity contribution < 1.29 is 27.9 Å². The number of benzene rings is 1. The van der Waals surface area contributed by atoms with Crippen LogP contribution in [0.15, 0.2) is 33.6 Å². The molecular weight excluding hydrogens is 375 g/mol. The number of nitrogens with one attached hydrogen (secondary N) is 1. The minimum Gasteiger partial charge on any atom is -0.480 e. The highest BCUT2D eigenvalue weighted by Gasteiger charge is 2.36. The molecule has 0 saturated carbocycles. The third-order valence-electron chi connectivity index (χ3n) is 2.23. The minimum absolute atomic E-state index is 0.169. The number of carbonyl (C=O) groups is 2. The van der Waals surface area contributed by atoms with Gasteiger partial charge in [0.25, 0.3) is 0 Å². The van der Waals surface area contributed by atoms with Crippen molar-refractivity contribution in [2.75, 3.05) is 5.75 Å². The Morgan fingerprint density at radius 3 is 2.57 bits per heavy atom. The molecule has 1 rings (SSSR count). The lowest BCUT2D eigenvalue weighted by Gasteiger charge is -2.16. The lowest BCUT2D eigenvalue weighted by molar-refractivity contribution is -0.159. The van der Waals surface area contributed by atoms with E-state index in [1.54, 1.807) is 24.3 Å². The largest absolute Gasteiger partial charge is 0.480 e. The van der Waals surface area contributed by atoms with Gasteiger partial charge in [-0.1, -0.05) is 22.0 Å². The van der Waals surface area contributed by atoms with Gasteiger partial charge in [-0.3, -0.25) is 4.79 Å². The first kappa shape index (κ1) is 17.8. The van der Waals surface area contributed by atoms with Gasteiger partial charge in [0.2, 0.25) is 5.91 Å². The van der Waals surface area contributed by atoms with Crippen molar-refractivity contribution in [3.63, 3.8) is 0 Å². The zero-order chi connectivity index (χ0) is 16.0. The van der Waals surface area contributed by atoms with Crippen LogP contribution in [0.4, 0.5) is 13.2 Å². The fourth-order valence-electron chi connectivity index (χ4n) is 1.37. The number of hydrogen-bond acceptors (Lipinski definition) is 3. The number of hydrogen-bond donors (Lipinski definition) is 2. The Morgan fingerprint density at radius 1 is 1.38 bits per heavy atom. The fraction of sp³-hybridized carbons (Fsp3) is 0.333. The predicted octanol–water partition coefficient (Wildman–Crippen LogP) is 3.06. The second-order valence-corrected chi connectivity index (χ2v) is 5.99. The van der Waals surface area contributed by atoms with Gasteiger partial charge in [0.15, 0.2) is 0 Å². The summed E-state index contributed by atoms with van der Waals surface area (Å²) in [5, 5.41) is 10.5. The Balaban J connectivity index is 2.53. The van der Waals surface area contributed by atoms with Crippen LogP contribution >= 0.6 is 27.7 Å². The first-order chi connectivity index (χ1) is 9.67. The molecule has 0 aliphatic carbocycles. The summed E-state index contributed by atoms with van der Waals surface area (Å²) in [5.41, 5.74) is 0. The molecule has 116 valence electrons. The average molecular weight is 386 g/mol. The first-order valence-corrected chi connectivity index (χ1v) is 7.42. The molecule has 1 aromatic rings. The van der Waals surface area contributed by atoms with E-state index in [1.807, 2.05) is 5.32 Å². The summed E-state index contributed by atoms with van der Waals surface area (Å²) in [4.78, 5) is 23.0. The molecule has 1 atom stereocenters. The maximum atomic E-state index is 12.2. The monoisotopic (exact) mass is 385 g/mol. The van der Waals surface area contributed by atoms with E-state index in [9.17, 15) is 22.8 Å². The summed E-state index contributed by atoms with van der Waals surface area (Å²) in [6.07, 6.45) is -6.26. The van der Waals surface area contributed by atoms with Crippen LogP contribution in [0.25, 0.3) is 0 Å². The van der Waals surface area contributed by atoms with Crippen molar-refractivity contribution in [2.45, 2.75) is 23.5 Å². The molecule has 2 N–H and O–H groups in total. The van der Waals surface area contributed by atoms with Crippen molar-refractivity contribution in [2.24, 2.45) is 0 Å². The number of alkyl halides is 3. The lowest BCUT2D eigenvalue weighted by atomic mass is 10.2. The van der Waals surface area contributed by atoms with E-state index >= 15 is 0 Å². The Hall–Kier alpha value is -1.22. The second kappa shape index (κ2) is 7.69. The molecule has 0 radical (unpaired) electrons. The Bertz CT molecular complexity index is 525. The molecule has 0 aliphatic heterocycles. The van der Waals surface area contributed by atoms with E-state index in [0.29, 0.717) is 0 Å². The highest BCUT2D eigenvalue weighted by Crippen LogP contribution is 2.23. The Kier molecular flexibility index (Phi) is 6.53. The van der Waals surface area contributed by atoms with Crippen LogP contribution in [0.1, 0.15) is 6.42 Å². The van der Waals surface area contributed by atoms with E-state index in [4.69, 9.17) is 5.11 Å². The number of carboxylic acid groups (broad SMARTS) is 1. The van der Waals surface area contributed by atoms with Crippen LogP contribution in [0.3, 0.4) is 0 Å². The van der Waals surface area contributed by atoms with Crippen LogP contribution in [0, 0.1) is 0 Å². The smallest absolute Gasteiger partial charge is 0.391 e. The maximum Gasteiger partial charge on any atom is 0.391 e. The molecule has 0 heterocycles. The van der Waals surface area contributed by atoms with Crippen LogP contribution in [-0.2, 0) is 9.59 Å². The van der Waals surface area contributed by atoms with Gasteiger partial charge in [-0.15, -0.1) is 11.8 Å². The number of thioether (sulfide) groups is 1. The van der Waals surface area contributed by atoms with Crippen molar-refractivity contribution in [3.05, 3.63) is 28.7 Å². The average Bonchev–Trinajstić information content (AvgIpc) is 2.34. The van der Waals surface area contributed by atoms with Crippen LogP contribution in [-0.4, -0.2) is 35.0 Å². The van der Waals surface area contributed by atoms with E-state index in [2.05, 4.69) is 15.9 Å². The Labute approximate surface area is 131 Å². The molecule has 4 nitrogen and oxygen atoms in total. The number of carboxylic acids is 1. The topological polar surface area (TPSA) is 66.4 Å². The van der Waals surface area contributed by atoms with E-state index < -0.39 is 30.5 Å². The summed E-state index contributed by atoms with van der Waals surface area (Å²) in [7, 11) is 0. The highest BCUT2D eigenvalue weighted by atomic mass is 79.9. The number of carbonyl (C=O) groups excluding carboxylic acids is 1. The normalized spacial score (nSPS) is 12.8. The van der Waals surface area contributed by atoms with Crippen LogP contribution in [0.2, 0.25) is 0 Å². The van der Waals surface area contributed by atoms with Crippen LogP contribution in [0.5, 0.6) is 0 Å². The van der Waals surface area contributed by atoms with Gasteiger partial charge in [-0.05, 0) is 18.2 Å². The van der Waals surface area contributed by atoms with Gasteiger partial charge >= 0.3 is 12.1 Å². The molecule has 0 saturated heterocycles. The molecule has 0 aliphatic rings. The van der Waals surface area contributed by atoms with Crippen molar-refractivity contribution >= 4 is 39.6 Å². The second-order valence-electron chi connectivity index (χ2n) is 4.02. The molecule has 0 fully saturated rings. The van der Waals surface area contributed by atoms with Crippen molar-refractivity contribution in [3.8, 4) is 0 Å². The molecule has 0 aromatic heterocycles. The summed E-state index contributed by atoms with van der Waals surface area (Å²) in [6, 6.07) is 5.03. The number of rotatable bonds is 6. The molecule has 1 aromatic carbocycles. The predicted molar refractivity (Wildman–Crippen MR) is 75.1 cm³/mol. The van der Waals surface area contributed by atoms with E-state index in [1.165, 1.54) is 0 Å². The third kappa shape index (κ3) is 7.37. The zero-order valence-electron chi connectivity index (χ0n) is 10.5. The number of halogens is 4. The number of amides is 1. The summed E-state index contributed by atoms with van der Waals surface area (Å²) in [5.74, 6) is -2.65. The summed E-state index contributed by atoms with van der Waals surface area (Å²) in [6.45, 7) is 0. The van der Waals surface area contributed by atoms with Gasteiger partial charge in [0.1, 0.15) is 6.04 Å². The fourth-order valence-corrected chi connectivity index (χ4v) is 2.69. The number of aliphatic carboxylic acids is 1. The molecule has 1 amide bonds. The standard InChI is InChI=1S/C12H11BrF3NO3S/c13-7-2-1-3-8(4-7)21-6-10(18)17-9(11(19)20)5-12(14,15)16/h1-4,9H,5-6H2,(H,17,18)(H,19,20). The highest BCUT2D eigenvalue weighted by molar-refractivity contribution is 9.10. The van der Waals surface area contributed by atoms with Crippen molar-refractivity contribution in [1.82, 2.24) is 5.32 Å². The van der Waals surface area contributed by atoms with Gasteiger partial charge in [0.05, 0.1) is 12.2 Å². The van der Waals surface area contributed by atoms with Crippen LogP contribution < -0.4 is 5.32 Å². The SMILES string of the molecule is O=C(CSc1cccc(Br)c1)NC(CC(F)(F)F)C(=O)O. The third-order valence-corrected chi connectivity index (χ3v) is 3.72. The lowest BCUT2D eigenvalue weighted by Crippen LogP contribution is -2.44. The van der Waals surface area contributed by atoms with E-state index in [-0.39, 0.29) is 5.75 Å². The summed E-state index contributed by atoms with van der Waals surface area (Å²) >= 11 is 4.34. The Morgan fingerprint density at radius 2 is 2.05 bits per heavy atom. The van der Waals surface area contributed by atoms with Gasteiger partial charge in [-0.2, -0.15) is 13.2 Å². The minimum atomic E-state index is -4.66. The maximum absolute atomic E-state index is 12.2. The molecular formula is C12H11BrF3NO3S. The van der Waals surface area contributed by atoms with Gasteiger partial charge in [-0.25, -0.2) is 4.79 Å². The van der Waals surface area contributed by atoms with Crippen molar-refractivity contribution in [1.29, 1.82) is 0 Å². The van der Waals surface area contributed by atoms with E-state index in [0.717, 1.165) is 21.1 Å². The first-order valence-electron chi connectivity index (χ1n) is 5.64. The zero-order valence-corrected chi connectivity index (χ0v) is 12.9. The van der Waals surface area contributed by atoms with Gasteiger partial charge in [0, 0.05) is 9.37 Å². The molecule has 9 heteroatoms. The molecule has 21 heavy (non-hydrogen) atoms. The summed E-state index contributed by atoms with van der Waals surface area (Å²) < 4.78 is 37.4. The quantitative estimate of drug-likeness (QED) is 0.738. The van der Waals surface area contributed by atoms with Gasteiger partial charge < -0.3 is 10.4 Å². The molecule has 0 bridgehead atoms.